The number of halogens is 2. The number of benzene rings is 1. The zero-order valence-electron chi connectivity index (χ0n) is 10.9. The summed E-state index contributed by atoms with van der Waals surface area (Å²) in [6.45, 7) is 0.300. The Morgan fingerprint density at radius 2 is 2.14 bits per heavy atom. The molecule has 2 rings (SSSR count). The number of nitro benzene ring substituents is 1. The van der Waals surface area contributed by atoms with Crippen LogP contribution in [0.25, 0.3) is 0 Å². The largest absolute Gasteiger partial charge is 0.335 e. The van der Waals surface area contributed by atoms with Crippen LogP contribution in [0.5, 0.6) is 0 Å². The summed E-state index contributed by atoms with van der Waals surface area (Å²) < 4.78 is 0. The quantitative estimate of drug-likeness (QED) is 0.612. The number of hydrogen-bond acceptors (Lipinski definition) is 4. The first-order valence-electron chi connectivity index (χ1n) is 6.27. The van der Waals surface area contributed by atoms with E-state index >= 15 is 0 Å². The summed E-state index contributed by atoms with van der Waals surface area (Å²) in [5.74, 6) is -0.366. The monoisotopic (exact) mass is 327 g/mol. The summed E-state index contributed by atoms with van der Waals surface area (Å²) in [6, 6.07) is 4.53. The minimum atomic E-state index is -0.679. The molecular formula is C13H11Cl2N3O3. The molecular weight excluding hydrogens is 317 g/mol. The minimum absolute atomic E-state index is 0.0368. The van der Waals surface area contributed by atoms with Gasteiger partial charge in [0.1, 0.15) is 5.02 Å². The first kappa shape index (κ1) is 15.5. The summed E-state index contributed by atoms with van der Waals surface area (Å²) in [5, 5.41) is 19.4. The number of nitriles is 1. The zero-order chi connectivity index (χ0) is 15.6. The smallest absolute Gasteiger partial charge is 0.290 e. The van der Waals surface area contributed by atoms with Crippen LogP contribution in [0.2, 0.25) is 10.0 Å². The molecule has 0 aliphatic heterocycles. The maximum atomic E-state index is 12.5. The summed E-state index contributed by atoms with van der Waals surface area (Å²) in [4.78, 5) is 24.3. The van der Waals surface area contributed by atoms with Gasteiger partial charge in [-0.25, -0.2) is 0 Å². The molecule has 0 N–H and O–H groups in total. The highest BCUT2D eigenvalue weighted by Gasteiger charge is 2.33. The van der Waals surface area contributed by atoms with Crippen LogP contribution in [-0.2, 0) is 0 Å². The van der Waals surface area contributed by atoms with Crippen molar-refractivity contribution < 1.29 is 9.72 Å². The molecule has 0 bridgehead atoms. The highest BCUT2D eigenvalue weighted by atomic mass is 35.5. The Hall–Kier alpha value is -1.84. The number of carbonyl (C=O) groups is 1. The summed E-state index contributed by atoms with van der Waals surface area (Å²) in [5.41, 5.74) is -0.288. The van der Waals surface area contributed by atoms with Crippen molar-refractivity contribution in [1.29, 1.82) is 5.26 Å². The average molecular weight is 328 g/mol. The van der Waals surface area contributed by atoms with E-state index in [1.165, 1.54) is 6.07 Å². The Bertz CT molecular complexity index is 638. The number of hydrogen-bond donors (Lipinski definition) is 0. The zero-order valence-corrected chi connectivity index (χ0v) is 12.4. The van der Waals surface area contributed by atoms with Crippen LogP contribution in [0.1, 0.15) is 29.6 Å². The van der Waals surface area contributed by atoms with Crippen LogP contribution in [0.3, 0.4) is 0 Å². The lowest BCUT2D eigenvalue weighted by Crippen LogP contribution is -2.34. The van der Waals surface area contributed by atoms with Gasteiger partial charge in [-0.3, -0.25) is 14.9 Å². The maximum absolute atomic E-state index is 12.5. The van der Waals surface area contributed by atoms with Gasteiger partial charge in [0.2, 0.25) is 0 Å². The number of amides is 1. The Kier molecular flexibility index (Phi) is 4.66. The normalized spacial score (nSPS) is 13.6. The molecule has 8 heteroatoms. The molecule has 6 nitrogen and oxygen atoms in total. The molecule has 0 atom stereocenters. The van der Waals surface area contributed by atoms with Crippen LogP contribution in [0.15, 0.2) is 12.1 Å². The van der Waals surface area contributed by atoms with E-state index < -0.39 is 10.6 Å². The molecule has 1 fully saturated rings. The molecule has 0 saturated heterocycles. The van der Waals surface area contributed by atoms with Crippen molar-refractivity contribution in [2.75, 3.05) is 6.54 Å². The molecule has 0 heterocycles. The summed E-state index contributed by atoms with van der Waals surface area (Å²) in [6.07, 6.45) is 1.97. The Morgan fingerprint density at radius 3 is 2.67 bits per heavy atom. The fourth-order valence-corrected chi connectivity index (χ4v) is 2.40. The predicted octanol–water partition coefficient (Wildman–Crippen LogP) is 3.42. The van der Waals surface area contributed by atoms with Gasteiger partial charge in [0.15, 0.2) is 0 Å². The second-order valence-corrected chi connectivity index (χ2v) is 5.47. The van der Waals surface area contributed by atoms with Gasteiger partial charge in [-0.05, 0) is 18.9 Å². The minimum Gasteiger partial charge on any atom is -0.335 e. The Balaban J connectivity index is 2.33. The van der Waals surface area contributed by atoms with E-state index in [4.69, 9.17) is 28.5 Å². The number of carbonyl (C=O) groups excluding carboxylic acids is 1. The fraction of sp³-hybridized carbons (Fsp3) is 0.385. The lowest BCUT2D eigenvalue weighted by atomic mass is 10.1. The van der Waals surface area contributed by atoms with E-state index in [0.717, 1.165) is 18.9 Å². The summed E-state index contributed by atoms with van der Waals surface area (Å²) in [7, 11) is 0. The van der Waals surface area contributed by atoms with Crippen LogP contribution in [0.4, 0.5) is 5.69 Å². The lowest BCUT2D eigenvalue weighted by Gasteiger charge is -2.21. The third-order valence-corrected chi connectivity index (χ3v) is 3.96. The van der Waals surface area contributed by atoms with Gasteiger partial charge >= 0.3 is 0 Å². The highest BCUT2D eigenvalue weighted by molar-refractivity contribution is 6.43. The van der Waals surface area contributed by atoms with Gasteiger partial charge in [-0.15, -0.1) is 0 Å². The first-order valence-corrected chi connectivity index (χ1v) is 7.02. The molecule has 21 heavy (non-hydrogen) atoms. The molecule has 1 aliphatic carbocycles. The highest BCUT2D eigenvalue weighted by Crippen LogP contribution is 2.35. The average Bonchev–Trinajstić information content (AvgIpc) is 3.26. The van der Waals surface area contributed by atoms with Gasteiger partial charge in [0.05, 0.1) is 22.4 Å². The first-order chi connectivity index (χ1) is 9.95. The van der Waals surface area contributed by atoms with Crippen LogP contribution >= 0.6 is 23.2 Å². The van der Waals surface area contributed by atoms with E-state index in [-0.39, 0.29) is 34.0 Å². The Labute approximate surface area is 131 Å². The SMILES string of the molecule is N#CCCN(C(=O)c1cc(Cl)c(Cl)c([N+](=O)[O-])c1)C1CC1. The second-order valence-electron chi connectivity index (χ2n) is 4.69. The predicted molar refractivity (Wildman–Crippen MR) is 77.4 cm³/mol. The van der Waals surface area contributed by atoms with Crippen molar-refractivity contribution >= 4 is 34.8 Å². The third kappa shape index (κ3) is 3.43. The van der Waals surface area contributed by atoms with Crippen LogP contribution in [-0.4, -0.2) is 28.3 Å². The molecule has 0 spiro atoms. The van der Waals surface area contributed by atoms with E-state index in [1.807, 2.05) is 6.07 Å². The molecule has 1 aromatic rings. The summed E-state index contributed by atoms with van der Waals surface area (Å²) >= 11 is 11.6. The number of nitro groups is 1. The molecule has 0 unspecified atom stereocenters. The second kappa shape index (κ2) is 6.29. The van der Waals surface area contributed by atoms with Crippen molar-refractivity contribution in [2.45, 2.75) is 25.3 Å². The molecule has 0 radical (unpaired) electrons. The van der Waals surface area contributed by atoms with Crippen molar-refractivity contribution in [3.63, 3.8) is 0 Å². The van der Waals surface area contributed by atoms with Gasteiger partial charge in [0, 0.05) is 24.2 Å². The fourth-order valence-electron chi connectivity index (χ4n) is 2.00. The lowest BCUT2D eigenvalue weighted by molar-refractivity contribution is -0.384. The molecule has 1 aliphatic rings. The topological polar surface area (TPSA) is 87.2 Å². The van der Waals surface area contributed by atoms with Gasteiger partial charge in [-0.2, -0.15) is 5.26 Å². The maximum Gasteiger partial charge on any atom is 0.290 e. The molecule has 1 aromatic carbocycles. The van der Waals surface area contributed by atoms with Crippen molar-refractivity contribution in [3.05, 3.63) is 37.9 Å². The number of nitrogens with zero attached hydrogens (tertiary/aromatic N) is 3. The molecule has 1 saturated carbocycles. The van der Waals surface area contributed by atoms with Gasteiger partial charge < -0.3 is 4.90 Å². The van der Waals surface area contributed by atoms with E-state index in [9.17, 15) is 14.9 Å². The van der Waals surface area contributed by atoms with E-state index in [0.29, 0.717) is 6.54 Å². The van der Waals surface area contributed by atoms with Gasteiger partial charge in [0.25, 0.3) is 11.6 Å². The van der Waals surface area contributed by atoms with Gasteiger partial charge in [-0.1, -0.05) is 23.2 Å². The standard InChI is InChI=1S/C13H11Cl2N3O3/c14-10-6-8(7-11(12(10)15)18(20)21)13(19)17(5-1-4-16)9-2-3-9/h6-7,9H,1-3,5H2. The number of rotatable bonds is 5. The third-order valence-electron chi connectivity index (χ3n) is 3.17. The molecule has 1 amide bonds. The van der Waals surface area contributed by atoms with E-state index in [2.05, 4.69) is 0 Å². The molecule has 110 valence electrons. The van der Waals surface area contributed by atoms with Crippen molar-refractivity contribution in [1.82, 2.24) is 4.90 Å². The molecule has 0 aromatic heterocycles. The van der Waals surface area contributed by atoms with Crippen LogP contribution < -0.4 is 0 Å². The van der Waals surface area contributed by atoms with Crippen molar-refractivity contribution in [2.24, 2.45) is 0 Å². The van der Waals surface area contributed by atoms with Crippen molar-refractivity contribution in [3.8, 4) is 6.07 Å². The van der Waals surface area contributed by atoms with Crippen LogP contribution in [0, 0.1) is 21.4 Å². The van der Waals surface area contributed by atoms with E-state index in [1.54, 1.807) is 4.90 Å². The Morgan fingerprint density at radius 1 is 1.48 bits per heavy atom.